The molecule has 0 fully saturated rings. The van der Waals surface area contributed by atoms with Crippen molar-refractivity contribution in [3.63, 3.8) is 0 Å². The molecule has 0 saturated carbocycles. The van der Waals surface area contributed by atoms with Crippen LogP contribution in [-0.4, -0.2) is 19.1 Å². The van der Waals surface area contributed by atoms with Crippen molar-refractivity contribution in [1.82, 2.24) is 19.1 Å². The van der Waals surface area contributed by atoms with Gasteiger partial charge in [0, 0.05) is 32.8 Å². The van der Waals surface area contributed by atoms with Gasteiger partial charge in [-0.15, -0.1) is 0 Å². The van der Waals surface area contributed by atoms with E-state index in [9.17, 15) is 0 Å². The van der Waals surface area contributed by atoms with Crippen LogP contribution in [0.25, 0.3) is 99.3 Å². The number of aromatic nitrogens is 4. The van der Waals surface area contributed by atoms with E-state index in [4.69, 9.17) is 14.7 Å². The Kier molecular flexibility index (Phi) is 5.71. The Bertz CT molecular complexity index is 3320. The fourth-order valence-corrected chi connectivity index (χ4v) is 8.58. The van der Waals surface area contributed by atoms with E-state index in [1.165, 1.54) is 43.5 Å². The highest BCUT2D eigenvalue weighted by molar-refractivity contribution is 6.22. The molecule has 0 aliphatic carbocycles. The third-order valence-corrected chi connectivity index (χ3v) is 10.9. The highest BCUT2D eigenvalue weighted by Gasteiger charge is 2.25. The average Bonchev–Trinajstić information content (AvgIpc) is 3.73. The smallest absolute Gasteiger partial charge is 0.235 e. The molecular formula is C48H28N4O. The minimum absolute atomic E-state index is 0.638. The lowest BCUT2D eigenvalue weighted by Gasteiger charge is -2.21. The van der Waals surface area contributed by atoms with Gasteiger partial charge in [-0.05, 0) is 94.7 Å². The molecule has 246 valence electrons. The molecule has 1 aliphatic rings. The topological polar surface area (TPSA) is 44.9 Å². The monoisotopic (exact) mass is 676 g/mol. The number of fused-ring (bicyclic) bond motifs is 10. The Balaban J connectivity index is 1.12. The average molecular weight is 677 g/mol. The number of ether oxygens (including phenoxy) is 1. The summed E-state index contributed by atoms with van der Waals surface area (Å²) >= 11 is 0. The molecule has 8 aromatic carbocycles. The summed E-state index contributed by atoms with van der Waals surface area (Å²) in [5.41, 5.74) is 10.7. The minimum Gasteiger partial charge on any atom is -0.456 e. The normalized spacial score (nSPS) is 12.3. The Hall–Kier alpha value is -7.24. The van der Waals surface area contributed by atoms with E-state index >= 15 is 0 Å². The largest absolute Gasteiger partial charge is 0.456 e. The molecule has 5 nitrogen and oxygen atoms in total. The second-order valence-corrected chi connectivity index (χ2v) is 13.8. The SMILES string of the molecule is c1ccc(-n2c3ccccc3c3cc(-c4ccc5c(c4)c4c6ccccc6ccc4n5-c4nc5c6c(cccc6n4)Oc4ccccc4-5)ccc32)cc1. The molecule has 4 heterocycles. The molecule has 5 heteroatoms. The van der Waals surface area contributed by atoms with Gasteiger partial charge in [-0.3, -0.25) is 4.57 Å². The van der Waals surface area contributed by atoms with Gasteiger partial charge >= 0.3 is 0 Å². The van der Waals surface area contributed by atoms with Crippen LogP contribution in [0.1, 0.15) is 0 Å². The summed E-state index contributed by atoms with van der Waals surface area (Å²) < 4.78 is 10.9. The first-order valence-electron chi connectivity index (χ1n) is 17.9. The Morgan fingerprint density at radius 2 is 1.09 bits per heavy atom. The van der Waals surface area contributed by atoms with E-state index in [-0.39, 0.29) is 0 Å². The maximum absolute atomic E-state index is 6.31. The molecular weight excluding hydrogens is 649 g/mol. The van der Waals surface area contributed by atoms with Crippen molar-refractivity contribution < 1.29 is 4.74 Å². The number of benzene rings is 8. The van der Waals surface area contributed by atoms with Crippen LogP contribution >= 0.6 is 0 Å². The summed E-state index contributed by atoms with van der Waals surface area (Å²) in [7, 11) is 0. The van der Waals surface area contributed by atoms with Gasteiger partial charge in [-0.2, -0.15) is 0 Å². The lowest BCUT2D eigenvalue weighted by atomic mass is 9.99. The number of hydrogen-bond acceptors (Lipinski definition) is 3. The van der Waals surface area contributed by atoms with Crippen molar-refractivity contribution in [2.24, 2.45) is 0 Å². The maximum atomic E-state index is 6.31. The van der Waals surface area contributed by atoms with Gasteiger partial charge in [0.05, 0.1) is 38.7 Å². The van der Waals surface area contributed by atoms with Gasteiger partial charge in [0.1, 0.15) is 11.5 Å². The first-order valence-corrected chi connectivity index (χ1v) is 17.9. The van der Waals surface area contributed by atoms with Crippen molar-refractivity contribution in [3.05, 3.63) is 170 Å². The minimum atomic E-state index is 0.638. The summed E-state index contributed by atoms with van der Waals surface area (Å²) in [5.74, 6) is 2.22. The van der Waals surface area contributed by atoms with E-state index in [0.717, 1.165) is 61.3 Å². The molecule has 53 heavy (non-hydrogen) atoms. The van der Waals surface area contributed by atoms with Crippen LogP contribution in [0.15, 0.2) is 170 Å². The molecule has 0 bridgehead atoms. The first kappa shape index (κ1) is 28.5. The van der Waals surface area contributed by atoms with Crippen molar-refractivity contribution in [2.45, 2.75) is 0 Å². The Morgan fingerprint density at radius 3 is 1.98 bits per heavy atom. The third kappa shape index (κ3) is 4.02. The fraction of sp³-hybridized carbons (Fsp3) is 0. The van der Waals surface area contributed by atoms with E-state index < -0.39 is 0 Å². The molecule has 1 aliphatic heterocycles. The lowest BCUT2D eigenvalue weighted by molar-refractivity contribution is 0.486. The van der Waals surface area contributed by atoms with Crippen molar-refractivity contribution >= 4 is 65.3 Å². The third-order valence-electron chi connectivity index (χ3n) is 10.9. The Morgan fingerprint density at radius 1 is 0.415 bits per heavy atom. The summed E-state index contributed by atoms with van der Waals surface area (Å²) in [6, 6.07) is 60.3. The zero-order chi connectivity index (χ0) is 34.6. The summed E-state index contributed by atoms with van der Waals surface area (Å²) in [5, 5.41) is 8.17. The summed E-state index contributed by atoms with van der Waals surface area (Å²) in [4.78, 5) is 10.6. The van der Waals surface area contributed by atoms with E-state index in [0.29, 0.717) is 5.95 Å². The van der Waals surface area contributed by atoms with Gasteiger partial charge in [-0.25, -0.2) is 9.97 Å². The second kappa shape index (κ2) is 10.6. The molecule has 0 unspecified atom stereocenters. The van der Waals surface area contributed by atoms with Gasteiger partial charge in [0.15, 0.2) is 0 Å². The highest BCUT2D eigenvalue weighted by Crippen LogP contribution is 2.46. The van der Waals surface area contributed by atoms with Gasteiger partial charge in [0.2, 0.25) is 5.95 Å². The van der Waals surface area contributed by atoms with Crippen LogP contribution in [0.5, 0.6) is 11.5 Å². The molecule has 0 radical (unpaired) electrons. The predicted molar refractivity (Wildman–Crippen MR) is 217 cm³/mol. The van der Waals surface area contributed by atoms with Crippen molar-refractivity contribution in [2.75, 3.05) is 0 Å². The molecule has 0 atom stereocenters. The summed E-state index contributed by atoms with van der Waals surface area (Å²) in [6.07, 6.45) is 0. The van der Waals surface area contributed by atoms with Gasteiger partial charge in [-0.1, -0.05) is 97.1 Å². The van der Waals surface area contributed by atoms with E-state index in [2.05, 4.69) is 149 Å². The fourth-order valence-electron chi connectivity index (χ4n) is 8.58. The standard InChI is InChI=1S/C48H28N4O/c1-2-12-32(13-3-1)51-39-18-8-6-15-34(39)36-27-30(22-24-40(36)51)31-23-25-41-37(28-31)45-33-14-5-4-11-29(33)21-26-42(45)52(41)48-49-38-17-10-20-44-46(38)47(50-48)35-16-7-9-19-43(35)53-44/h1-28H. The van der Waals surface area contributed by atoms with Crippen molar-refractivity contribution in [1.29, 1.82) is 0 Å². The molecule has 11 aromatic rings. The number of rotatable bonds is 3. The molecule has 0 saturated heterocycles. The molecule has 0 spiro atoms. The van der Waals surface area contributed by atoms with E-state index in [1.54, 1.807) is 0 Å². The lowest BCUT2D eigenvalue weighted by Crippen LogP contribution is -2.06. The predicted octanol–water partition coefficient (Wildman–Crippen LogP) is 12.4. The summed E-state index contributed by atoms with van der Waals surface area (Å²) in [6.45, 7) is 0. The van der Waals surface area contributed by atoms with E-state index in [1.807, 2.05) is 30.3 Å². The van der Waals surface area contributed by atoms with Gasteiger partial charge in [0.25, 0.3) is 0 Å². The second-order valence-electron chi connectivity index (χ2n) is 13.8. The van der Waals surface area contributed by atoms with Crippen LogP contribution < -0.4 is 4.74 Å². The van der Waals surface area contributed by atoms with Crippen LogP contribution in [-0.2, 0) is 0 Å². The number of para-hydroxylation sites is 3. The molecule has 0 amide bonds. The van der Waals surface area contributed by atoms with Crippen LogP contribution in [0.2, 0.25) is 0 Å². The number of hydrogen-bond donors (Lipinski definition) is 0. The Labute approximate surface area is 303 Å². The molecule has 0 N–H and O–H groups in total. The zero-order valence-corrected chi connectivity index (χ0v) is 28.4. The van der Waals surface area contributed by atoms with Crippen LogP contribution in [0.3, 0.4) is 0 Å². The maximum Gasteiger partial charge on any atom is 0.235 e. The van der Waals surface area contributed by atoms with Crippen LogP contribution in [0, 0.1) is 0 Å². The van der Waals surface area contributed by atoms with Crippen LogP contribution in [0.4, 0.5) is 0 Å². The quantitative estimate of drug-likeness (QED) is 0.187. The van der Waals surface area contributed by atoms with Crippen molar-refractivity contribution in [3.8, 4) is 45.5 Å². The number of nitrogens with zero attached hydrogens (tertiary/aromatic N) is 4. The zero-order valence-electron chi connectivity index (χ0n) is 28.4. The molecule has 12 rings (SSSR count). The van der Waals surface area contributed by atoms with Gasteiger partial charge < -0.3 is 9.30 Å². The highest BCUT2D eigenvalue weighted by atomic mass is 16.5. The molecule has 3 aromatic heterocycles. The first-order chi connectivity index (χ1) is 26.3.